The van der Waals surface area contributed by atoms with Crippen LogP contribution >= 0.6 is 11.3 Å². The van der Waals surface area contributed by atoms with Crippen LogP contribution in [0, 0.1) is 0 Å². The van der Waals surface area contributed by atoms with Gasteiger partial charge in [-0.2, -0.15) is 0 Å². The summed E-state index contributed by atoms with van der Waals surface area (Å²) < 4.78 is 5.31. The highest BCUT2D eigenvalue weighted by molar-refractivity contribution is 7.10. The molecule has 2 heterocycles. The number of Topliss-reactive ketones (excluding diaryl/α,β-unsaturated/α-hetero) is 1. The van der Waals surface area contributed by atoms with Crippen LogP contribution < -0.4 is 0 Å². The summed E-state index contributed by atoms with van der Waals surface area (Å²) in [5.74, 6) is 0.221. The van der Waals surface area contributed by atoms with Gasteiger partial charge >= 0.3 is 0 Å². The van der Waals surface area contributed by atoms with Gasteiger partial charge in [-0.1, -0.05) is 0 Å². The number of rotatable bonds is 1. The number of thiophene rings is 1. The van der Waals surface area contributed by atoms with Crippen LogP contribution in [0.2, 0.25) is 0 Å². The number of ketones is 1. The van der Waals surface area contributed by atoms with E-state index >= 15 is 0 Å². The highest BCUT2D eigenvalue weighted by Crippen LogP contribution is 2.29. The molecule has 0 spiro atoms. The number of carbonyl (C=O) groups is 1. The monoisotopic (exact) mass is 249 g/mol. The van der Waals surface area contributed by atoms with Crippen molar-refractivity contribution in [2.24, 2.45) is 0 Å². The maximum atomic E-state index is 12.2. The highest BCUT2D eigenvalue weighted by Gasteiger charge is 2.23. The van der Waals surface area contributed by atoms with Crippen molar-refractivity contribution in [3.05, 3.63) is 33.7 Å². The molecule has 17 heavy (non-hydrogen) atoms. The van der Waals surface area contributed by atoms with Crippen molar-refractivity contribution in [3.63, 3.8) is 0 Å². The molecule has 1 aliphatic heterocycles. The Kier molecular flexibility index (Phi) is 2.99. The molecule has 4 heteroatoms. The molecule has 0 bridgehead atoms. The van der Waals surface area contributed by atoms with Gasteiger partial charge in [0, 0.05) is 35.3 Å². The second kappa shape index (κ2) is 4.63. The maximum Gasteiger partial charge on any atom is 0.191 e. The topological polar surface area (TPSA) is 29.5 Å². The molecule has 3 rings (SSSR count). The molecule has 1 fully saturated rings. The van der Waals surface area contributed by atoms with Crippen LogP contribution in [0.4, 0.5) is 0 Å². The summed E-state index contributed by atoms with van der Waals surface area (Å²) in [5.41, 5.74) is 1.87. The summed E-state index contributed by atoms with van der Waals surface area (Å²) in [6.07, 6.45) is 3.93. The van der Waals surface area contributed by atoms with Crippen molar-refractivity contribution < 1.29 is 9.53 Å². The summed E-state index contributed by atoms with van der Waals surface area (Å²) in [7, 11) is 0. The zero-order valence-electron chi connectivity index (χ0n) is 9.65. The first-order chi connectivity index (χ1) is 8.34. The predicted molar refractivity (Wildman–Crippen MR) is 67.4 cm³/mol. The molecular formula is C13H15NO2S. The van der Waals surface area contributed by atoms with E-state index in [1.807, 2.05) is 17.6 Å². The fourth-order valence-corrected chi connectivity index (χ4v) is 3.20. The first kappa shape index (κ1) is 11.0. The Bertz CT molecular complexity index is 458. The van der Waals surface area contributed by atoms with E-state index in [2.05, 4.69) is 4.90 Å². The van der Waals surface area contributed by atoms with E-state index in [9.17, 15) is 4.79 Å². The molecule has 0 unspecified atom stereocenters. The minimum Gasteiger partial charge on any atom is -0.378 e. The average Bonchev–Trinajstić information content (AvgIpc) is 2.83. The number of carbonyl (C=O) groups excluding carboxylic acids is 1. The first-order valence-corrected chi connectivity index (χ1v) is 6.86. The van der Waals surface area contributed by atoms with E-state index in [0.29, 0.717) is 0 Å². The minimum absolute atomic E-state index is 0.221. The van der Waals surface area contributed by atoms with Crippen molar-refractivity contribution in [1.82, 2.24) is 4.90 Å². The molecule has 3 nitrogen and oxygen atoms in total. The number of aryl methyl sites for hydroxylation is 1. The molecule has 1 aromatic heterocycles. The lowest BCUT2D eigenvalue weighted by Crippen LogP contribution is -2.33. The Hall–Kier alpha value is -1.13. The summed E-state index contributed by atoms with van der Waals surface area (Å²) in [6, 6.07) is 1.95. The third kappa shape index (κ3) is 2.15. The van der Waals surface area contributed by atoms with Crippen LogP contribution in [0.15, 0.2) is 23.2 Å². The van der Waals surface area contributed by atoms with E-state index in [4.69, 9.17) is 4.74 Å². The van der Waals surface area contributed by atoms with Crippen LogP contribution in [0.3, 0.4) is 0 Å². The number of morpholine rings is 1. The van der Waals surface area contributed by atoms with Crippen LogP contribution in [0.5, 0.6) is 0 Å². The molecule has 0 saturated carbocycles. The van der Waals surface area contributed by atoms with Gasteiger partial charge in [0.2, 0.25) is 0 Å². The lowest BCUT2D eigenvalue weighted by Gasteiger charge is -2.27. The zero-order chi connectivity index (χ0) is 11.7. The van der Waals surface area contributed by atoms with Gasteiger partial charge in [-0.25, -0.2) is 0 Å². The molecule has 1 aromatic rings. The fraction of sp³-hybridized carbons (Fsp3) is 0.462. The summed E-state index contributed by atoms with van der Waals surface area (Å²) in [6.45, 7) is 3.32. The number of hydrogen-bond acceptors (Lipinski definition) is 4. The van der Waals surface area contributed by atoms with Gasteiger partial charge in [0.05, 0.1) is 13.2 Å². The Labute approximate surface area is 105 Å². The van der Waals surface area contributed by atoms with Crippen molar-refractivity contribution in [2.45, 2.75) is 12.8 Å². The summed E-state index contributed by atoms with van der Waals surface area (Å²) in [5, 5.41) is 2.01. The number of fused-ring (bicyclic) bond motifs is 1. The van der Waals surface area contributed by atoms with Gasteiger partial charge in [-0.15, -0.1) is 11.3 Å². The Morgan fingerprint density at radius 2 is 2.12 bits per heavy atom. The second-order valence-corrected chi connectivity index (χ2v) is 5.39. The standard InChI is InChI=1S/C13H15NO2S/c15-13-10(9-14-4-6-16-7-5-14)1-2-12-11(13)3-8-17-12/h3,8-9H,1-2,4-7H2/b10-9+. The van der Waals surface area contributed by atoms with Crippen LogP contribution in [0.1, 0.15) is 21.7 Å². The molecule has 0 atom stereocenters. The number of hydrogen-bond donors (Lipinski definition) is 0. The maximum absolute atomic E-state index is 12.2. The van der Waals surface area contributed by atoms with Gasteiger partial charge < -0.3 is 9.64 Å². The van der Waals surface area contributed by atoms with E-state index in [-0.39, 0.29) is 5.78 Å². The van der Waals surface area contributed by atoms with Gasteiger partial charge in [0.25, 0.3) is 0 Å². The molecule has 0 amide bonds. The van der Waals surface area contributed by atoms with Gasteiger partial charge in [0.1, 0.15) is 0 Å². The number of nitrogens with zero attached hydrogens (tertiary/aromatic N) is 1. The largest absolute Gasteiger partial charge is 0.378 e. The molecule has 0 aromatic carbocycles. The SMILES string of the molecule is O=C1/C(=C/N2CCOCC2)CCc2sccc21. The normalized spacial score (nSPS) is 22.9. The number of allylic oxidation sites excluding steroid dienone is 1. The lowest BCUT2D eigenvalue weighted by molar-refractivity contribution is 0.0586. The quantitative estimate of drug-likeness (QED) is 0.714. The second-order valence-electron chi connectivity index (χ2n) is 4.39. The molecule has 2 aliphatic rings. The van der Waals surface area contributed by atoms with Crippen LogP contribution in [-0.2, 0) is 11.2 Å². The minimum atomic E-state index is 0.221. The number of ether oxygens (including phenoxy) is 1. The van der Waals surface area contributed by atoms with Gasteiger partial charge in [-0.05, 0) is 24.3 Å². The van der Waals surface area contributed by atoms with Crippen molar-refractivity contribution in [1.29, 1.82) is 0 Å². The van der Waals surface area contributed by atoms with E-state index in [1.54, 1.807) is 11.3 Å². The average molecular weight is 249 g/mol. The lowest BCUT2D eigenvalue weighted by atomic mass is 9.93. The molecule has 1 aliphatic carbocycles. The molecule has 0 N–H and O–H groups in total. The van der Waals surface area contributed by atoms with Crippen molar-refractivity contribution >= 4 is 17.1 Å². The van der Waals surface area contributed by atoms with Gasteiger partial charge in [0.15, 0.2) is 5.78 Å². The van der Waals surface area contributed by atoms with Crippen LogP contribution in [-0.4, -0.2) is 37.0 Å². The Morgan fingerprint density at radius 1 is 1.29 bits per heavy atom. The van der Waals surface area contributed by atoms with E-state index in [1.165, 1.54) is 4.88 Å². The molecule has 1 saturated heterocycles. The third-order valence-electron chi connectivity index (χ3n) is 3.29. The summed E-state index contributed by atoms with van der Waals surface area (Å²) in [4.78, 5) is 15.7. The predicted octanol–water partition coefficient (Wildman–Crippen LogP) is 2.09. The summed E-state index contributed by atoms with van der Waals surface area (Å²) >= 11 is 1.70. The smallest absolute Gasteiger partial charge is 0.191 e. The van der Waals surface area contributed by atoms with Crippen LogP contribution in [0.25, 0.3) is 0 Å². The van der Waals surface area contributed by atoms with Crippen molar-refractivity contribution in [2.75, 3.05) is 26.3 Å². The van der Waals surface area contributed by atoms with E-state index in [0.717, 1.165) is 50.3 Å². The highest BCUT2D eigenvalue weighted by atomic mass is 32.1. The zero-order valence-corrected chi connectivity index (χ0v) is 10.5. The Morgan fingerprint density at radius 3 is 2.94 bits per heavy atom. The molecular weight excluding hydrogens is 234 g/mol. The Balaban J connectivity index is 1.81. The fourth-order valence-electron chi connectivity index (χ4n) is 2.32. The van der Waals surface area contributed by atoms with E-state index < -0.39 is 0 Å². The third-order valence-corrected chi connectivity index (χ3v) is 4.27. The van der Waals surface area contributed by atoms with Gasteiger partial charge in [-0.3, -0.25) is 4.79 Å². The molecule has 90 valence electrons. The first-order valence-electron chi connectivity index (χ1n) is 5.98. The van der Waals surface area contributed by atoms with Crippen molar-refractivity contribution in [3.8, 4) is 0 Å². The molecule has 0 radical (unpaired) electrons.